The normalized spacial score (nSPS) is 12.9. The second-order valence-electron chi connectivity index (χ2n) is 5.57. The summed E-state index contributed by atoms with van der Waals surface area (Å²) in [6, 6.07) is 0. The quantitative estimate of drug-likeness (QED) is 0.327. The van der Waals surface area contributed by atoms with Crippen molar-refractivity contribution < 1.29 is 0 Å². The fraction of sp³-hybridized carbons (Fsp3) is 1.00. The summed E-state index contributed by atoms with van der Waals surface area (Å²) in [6.07, 6.45) is 5.63. The van der Waals surface area contributed by atoms with Gasteiger partial charge in [0.25, 0.3) is 0 Å². The van der Waals surface area contributed by atoms with Crippen LogP contribution >= 0.6 is 25.3 Å². The van der Waals surface area contributed by atoms with Crippen molar-refractivity contribution >= 4 is 25.3 Å². The Balaban J connectivity index is 3.56. The van der Waals surface area contributed by atoms with Crippen molar-refractivity contribution in [3.05, 3.63) is 0 Å². The van der Waals surface area contributed by atoms with E-state index in [1.165, 1.54) is 0 Å². The minimum atomic E-state index is 0.165. The minimum absolute atomic E-state index is 0.165. The molecular weight excluding hydrogens is 272 g/mol. The molecule has 0 aromatic heterocycles. The molecule has 0 fully saturated rings. The van der Waals surface area contributed by atoms with E-state index in [0.717, 1.165) is 58.3 Å². The maximum atomic E-state index is 4.74. The van der Waals surface area contributed by atoms with Crippen molar-refractivity contribution in [3.63, 3.8) is 0 Å². The predicted octanol–water partition coefficient (Wildman–Crippen LogP) is 3.53. The lowest BCUT2D eigenvalue weighted by atomic mass is 10.0. The Labute approximate surface area is 131 Å². The lowest BCUT2D eigenvalue weighted by molar-refractivity contribution is 0.471. The summed E-state index contributed by atoms with van der Waals surface area (Å²) in [4.78, 5) is 0. The Morgan fingerprint density at radius 3 is 1.26 bits per heavy atom. The molecule has 0 aliphatic heterocycles. The maximum absolute atomic E-state index is 4.74. The zero-order valence-corrected chi connectivity index (χ0v) is 15.0. The van der Waals surface area contributed by atoms with E-state index in [0.29, 0.717) is 0 Å². The Hall–Kier alpha value is 0.620. The van der Waals surface area contributed by atoms with Crippen molar-refractivity contribution in [3.8, 4) is 0 Å². The van der Waals surface area contributed by atoms with Crippen LogP contribution in [0.25, 0.3) is 0 Å². The van der Waals surface area contributed by atoms with E-state index in [9.17, 15) is 0 Å². The van der Waals surface area contributed by atoms with Gasteiger partial charge in [0.1, 0.15) is 0 Å². The largest absolute Gasteiger partial charge is 0.315 e. The zero-order valence-electron chi connectivity index (χ0n) is 13.3. The van der Waals surface area contributed by atoms with Crippen LogP contribution in [-0.2, 0) is 0 Å². The van der Waals surface area contributed by atoms with Crippen LogP contribution in [0.3, 0.4) is 0 Å². The van der Waals surface area contributed by atoms with Crippen molar-refractivity contribution in [1.82, 2.24) is 10.6 Å². The second kappa shape index (κ2) is 10.4. The Kier molecular flexibility index (Phi) is 10.7. The molecule has 0 heterocycles. The predicted molar refractivity (Wildman–Crippen MR) is 95.0 cm³/mol. The third-order valence-corrected chi connectivity index (χ3v) is 5.83. The summed E-state index contributed by atoms with van der Waals surface area (Å²) in [5.41, 5.74) is 0. The summed E-state index contributed by atoms with van der Waals surface area (Å²) >= 11 is 9.47. The average Bonchev–Trinajstić information content (AvgIpc) is 2.45. The molecule has 0 amide bonds. The highest BCUT2D eigenvalue weighted by atomic mass is 32.1. The fourth-order valence-corrected chi connectivity index (χ4v) is 2.20. The second-order valence-corrected chi connectivity index (χ2v) is 7.47. The lowest BCUT2D eigenvalue weighted by Crippen LogP contribution is -2.38. The van der Waals surface area contributed by atoms with Gasteiger partial charge in [-0.1, -0.05) is 27.7 Å². The maximum Gasteiger partial charge on any atom is 0.0249 e. The lowest BCUT2D eigenvalue weighted by Gasteiger charge is -2.27. The molecule has 0 saturated carbocycles. The van der Waals surface area contributed by atoms with Gasteiger partial charge in [-0.2, -0.15) is 25.3 Å². The zero-order chi connectivity index (χ0) is 14.8. The smallest absolute Gasteiger partial charge is 0.0249 e. The van der Waals surface area contributed by atoms with Crippen LogP contribution in [-0.4, -0.2) is 35.7 Å². The average molecular weight is 307 g/mol. The van der Waals surface area contributed by atoms with Gasteiger partial charge in [-0.05, 0) is 45.2 Å². The van der Waals surface area contributed by atoms with Gasteiger partial charge in [-0.15, -0.1) is 0 Å². The first-order chi connectivity index (χ1) is 8.95. The molecule has 0 aliphatic rings. The molecule has 0 saturated heterocycles. The van der Waals surface area contributed by atoms with Crippen LogP contribution in [0.1, 0.15) is 59.8 Å². The molecular formula is C15H34N2S2. The van der Waals surface area contributed by atoms with E-state index in [4.69, 9.17) is 25.3 Å². The van der Waals surface area contributed by atoms with Crippen molar-refractivity contribution in [1.29, 1.82) is 0 Å². The highest BCUT2D eigenvalue weighted by molar-refractivity contribution is 7.82. The molecule has 0 aromatic rings. The van der Waals surface area contributed by atoms with Gasteiger partial charge >= 0.3 is 0 Å². The van der Waals surface area contributed by atoms with Crippen molar-refractivity contribution in [2.24, 2.45) is 0 Å². The molecule has 19 heavy (non-hydrogen) atoms. The van der Waals surface area contributed by atoms with Gasteiger partial charge in [-0.3, -0.25) is 0 Å². The first-order valence-corrected chi connectivity index (χ1v) is 8.71. The monoisotopic (exact) mass is 306 g/mol. The van der Waals surface area contributed by atoms with Crippen LogP contribution in [0.15, 0.2) is 0 Å². The minimum Gasteiger partial charge on any atom is -0.315 e. The summed E-state index contributed by atoms with van der Waals surface area (Å²) in [6.45, 7) is 13.0. The fourth-order valence-electron chi connectivity index (χ4n) is 1.98. The van der Waals surface area contributed by atoms with Crippen LogP contribution in [0, 0.1) is 0 Å². The third kappa shape index (κ3) is 8.49. The van der Waals surface area contributed by atoms with E-state index in [1.807, 2.05) is 0 Å². The molecule has 2 N–H and O–H groups in total. The number of nitrogens with one attached hydrogen (secondary N) is 2. The molecule has 0 aliphatic carbocycles. The van der Waals surface area contributed by atoms with E-state index >= 15 is 0 Å². The van der Waals surface area contributed by atoms with Crippen LogP contribution < -0.4 is 10.6 Å². The van der Waals surface area contributed by atoms with E-state index in [1.54, 1.807) is 0 Å². The first-order valence-electron chi connectivity index (χ1n) is 7.81. The van der Waals surface area contributed by atoms with Crippen LogP contribution in [0.2, 0.25) is 0 Å². The topological polar surface area (TPSA) is 24.1 Å². The van der Waals surface area contributed by atoms with Crippen LogP contribution in [0.5, 0.6) is 0 Å². The summed E-state index contributed by atoms with van der Waals surface area (Å²) in [5, 5.41) is 7.04. The van der Waals surface area contributed by atoms with Crippen molar-refractivity contribution in [2.75, 3.05) is 26.2 Å². The Morgan fingerprint density at radius 2 is 1.00 bits per heavy atom. The van der Waals surface area contributed by atoms with Crippen LogP contribution in [0.4, 0.5) is 0 Å². The third-order valence-electron chi connectivity index (χ3n) is 4.25. The molecule has 2 nitrogen and oxygen atoms in total. The highest BCUT2D eigenvalue weighted by Gasteiger charge is 2.20. The van der Waals surface area contributed by atoms with Gasteiger partial charge < -0.3 is 10.6 Å². The van der Waals surface area contributed by atoms with Gasteiger partial charge in [0, 0.05) is 22.6 Å². The summed E-state index contributed by atoms with van der Waals surface area (Å²) < 4.78 is 0.330. The molecule has 0 radical (unpaired) electrons. The summed E-state index contributed by atoms with van der Waals surface area (Å²) in [5.74, 6) is 0. The van der Waals surface area contributed by atoms with Gasteiger partial charge in [0.05, 0.1) is 0 Å². The van der Waals surface area contributed by atoms with Gasteiger partial charge in [0.15, 0.2) is 0 Å². The molecule has 0 unspecified atom stereocenters. The van der Waals surface area contributed by atoms with E-state index < -0.39 is 0 Å². The standard InChI is InChI=1S/C15H34N2S2/c1-5-14(18,6-2)12-16-10-9-11-17-13-15(19,7-3)8-4/h16-19H,5-13H2,1-4H3. The van der Waals surface area contributed by atoms with Crippen molar-refractivity contribution in [2.45, 2.75) is 69.3 Å². The molecule has 4 heteroatoms. The molecule has 0 aromatic carbocycles. The molecule has 0 rings (SSSR count). The molecule has 0 atom stereocenters. The van der Waals surface area contributed by atoms with E-state index in [-0.39, 0.29) is 9.49 Å². The number of thiol groups is 2. The SMILES string of the molecule is CCC(S)(CC)CNCCCNCC(S)(CC)CC. The highest BCUT2D eigenvalue weighted by Crippen LogP contribution is 2.22. The van der Waals surface area contributed by atoms with E-state index in [2.05, 4.69) is 38.3 Å². The van der Waals surface area contributed by atoms with Gasteiger partial charge in [0.2, 0.25) is 0 Å². The Morgan fingerprint density at radius 1 is 0.684 bits per heavy atom. The van der Waals surface area contributed by atoms with Gasteiger partial charge in [-0.25, -0.2) is 0 Å². The number of hydrogen-bond donors (Lipinski definition) is 4. The molecule has 0 spiro atoms. The Bertz CT molecular complexity index is 192. The number of rotatable bonds is 12. The molecule has 116 valence electrons. The summed E-state index contributed by atoms with van der Waals surface area (Å²) in [7, 11) is 0. The number of hydrogen-bond acceptors (Lipinski definition) is 4. The molecule has 0 bridgehead atoms. The first kappa shape index (κ1) is 19.6.